The number of carbonyl (C=O) groups excluding carboxylic acids is 1. The SMILES string of the molecule is CC1(C(=O)NCc2ccccc2N)CCCO1. The summed E-state index contributed by atoms with van der Waals surface area (Å²) in [6.45, 7) is 2.95. The highest BCUT2D eigenvalue weighted by molar-refractivity contribution is 5.85. The molecule has 92 valence electrons. The molecule has 1 saturated heterocycles. The van der Waals surface area contributed by atoms with Gasteiger partial charge < -0.3 is 15.8 Å². The van der Waals surface area contributed by atoms with Crippen molar-refractivity contribution in [2.75, 3.05) is 12.3 Å². The van der Waals surface area contributed by atoms with Crippen molar-refractivity contribution in [2.24, 2.45) is 0 Å². The second-order valence-electron chi connectivity index (χ2n) is 4.56. The van der Waals surface area contributed by atoms with Gasteiger partial charge in [0.15, 0.2) is 0 Å². The Morgan fingerprint density at radius 2 is 2.29 bits per heavy atom. The lowest BCUT2D eigenvalue weighted by molar-refractivity contribution is -0.139. The highest BCUT2D eigenvalue weighted by Gasteiger charge is 2.37. The number of nitrogens with one attached hydrogen (secondary N) is 1. The number of ether oxygens (including phenoxy) is 1. The highest BCUT2D eigenvalue weighted by atomic mass is 16.5. The third-order valence-corrected chi connectivity index (χ3v) is 3.19. The number of hydrogen-bond acceptors (Lipinski definition) is 3. The first-order chi connectivity index (χ1) is 8.12. The zero-order chi connectivity index (χ0) is 12.3. The number of amides is 1. The molecular formula is C13H18N2O2. The third kappa shape index (κ3) is 2.58. The number of hydrogen-bond donors (Lipinski definition) is 2. The van der Waals surface area contributed by atoms with Crippen LogP contribution >= 0.6 is 0 Å². The van der Waals surface area contributed by atoms with Crippen LogP contribution in [0.15, 0.2) is 24.3 Å². The van der Waals surface area contributed by atoms with Gasteiger partial charge in [0.1, 0.15) is 5.60 Å². The van der Waals surface area contributed by atoms with E-state index in [-0.39, 0.29) is 5.91 Å². The summed E-state index contributed by atoms with van der Waals surface area (Å²) in [5.41, 5.74) is 6.78. The topological polar surface area (TPSA) is 64.4 Å². The van der Waals surface area contributed by atoms with E-state index in [9.17, 15) is 4.79 Å². The zero-order valence-corrected chi connectivity index (χ0v) is 10.0. The number of carbonyl (C=O) groups is 1. The molecule has 4 nitrogen and oxygen atoms in total. The molecule has 0 spiro atoms. The van der Waals surface area contributed by atoms with E-state index in [0.717, 1.165) is 18.4 Å². The van der Waals surface area contributed by atoms with Crippen molar-refractivity contribution in [1.29, 1.82) is 0 Å². The fourth-order valence-electron chi connectivity index (χ4n) is 2.02. The minimum Gasteiger partial charge on any atom is -0.398 e. The molecule has 0 bridgehead atoms. The van der Waals surface area contributed by atoms with Crippen LogP contribution in [0.2, 0.25) is 0 Å². The third-order valence-electron chi connectivity index (χ3n) is 3.19. The average Bonchev–Trinajstić information content (AvgIpc) is 2.76. The van der Waals surface area contributed by atoms with Crippen molar-refractivity contribution in [3.63, 3.8) is 0 Å². The van der Waals surface area contributed by atoms with Crippen LogP contribution in [0.4, 0.5) is 5.69 Å². The Labute approximate surface area is 101 Å². The van der Waals surface area contributed by atoms with Crippen molar-refractivity contribution < 1.29 is 9.53 Å². The molecule has 4 heteroatoms. The maximum atomic E-state index is 12.0. The van der Waals surface area contributed by atoms with E-state index in [4.69, 9.17) is 10.5 Å². The molecule has 2 rings (SSSR count). The van der Waals surface area contributed by atoms with Crippen molar-refractivity contribution in [3.8, 4) is 0 Å². The number of para-hydroxylation sites is 1. The molecule has 0 aliphatic carbocycles. The van der Waals surface area contributed by atoms with E-state index in [1.807, 2.05) is 31.2 Å². The molecular weight excluding hydrogens is 216 g/mol. The molecule has 1 fully saturated rings. The van der Waals surface area contributed by atoms with Crippen LogP contribution in [-0.4, -0.2) is 18.1 Å². The Bertz CT molecular complexity index is 412. The molecule has 1 unspecified atom stereocenters. The van der Waals surface area contributed by atoms with Crippen molar-refractivity contribution in [2.45, 2.75) is 31.9 Å². The number of anilines is 1. The number of nitrogens with two attached hydrogens (primary N) is 1. The van der Waals surface area contributed by atoms with Gasteiger partial charge in [-0.3, -0.25) is 4.79 Å². The van der Waals surface area contributed by atoms with Gasteiger partial charge in [0.05, 0.1) is 0 Å². The van der Waals surface area contributed by atoms with Crippen LogP contribution in [0.3, 0.4) is 0 Å². The number of rotatable bonds is 3. The van der Waals surface area contributed by atoms with E-state index in [0.29, 0.717) is 18.8 Å². The van der Waals surface area contributed by atoms with Crippen LogP contribution in [0.5, 0.6) is 0 Å². The molecule has 17 heavy (non-hydrogen) atoms. The van der Waals surface area contributed by atoms with Gasteiger partial charge >= 0.3 is 0 Å². The van der Waals surface area contributed by atoms with Crippen molar-refractivity contribution in [1.82, 2.24) is 5.32 Å². The molecule has 1 heterocycles. The summed E-state index contributed by atoms with van der Waals surface area (Å²) < 4.78 is 5.48. The van der Waals surface area contributed by atoms with Gasteiger partial charge in [-0.1, -0.05) is 18.2 Å². The van der Waals surface area contributed by atoms with Crippen LogP contribution in [-0.2, 0) is 16.1 Å². The molecule has 1 aliphatic heterocycles. The molecule has 1 aromatic carbocycles. The first-order valence-electron chi connectivity index (χ1n) is 5.87. The van der Waals surface area contributed by atoms with Gasteiger partial charge in [0, 0.05) is 18.8 Å². The highest BCUT2D eigenvalue weighted by Crippen LogP contribution is 2.25. The molecule has 1 atom stereocenters. The molecule has 1 amide bonds. The first-order valence-corrected chi connectivity index (χ1v) is 5.87. The van der Waals surface area contributed by atoms with Crippen LogP contribution in [0.1, 0.15) is 25.3 Å². The van der Waals surface area contributed by atoms with Gasteiger partial charge in [0.2, 0.25) is 0 Å². The summed E-state index contributed by atoms with van der Waals surface area (Å²) in [6.07, 6.45) is 1.72. The Kier molecular flexibility index (Phi) is 3.33. The second kappa shape index (κ2) is 4.75. The standard InChI is InChI=1S/C13H18N2O2/c1-13(7-4-8-17-13)12(16)15-9-10-5-2-3-6-11(10)14/h2-3,5-6H,4,7-9,14H2,1H3,(H,15,16). The lowest BCUT2D eigenvalue weighted by atomic mass is 10.0. The Morgan fingerprint density at radius 1 is 1.53 bits per heavy atom. The summed E-state index contributed by atoms with van der Waals surface area (Å²) in [5, 5.41) is 2.88. The lowest BCUT2D eigenvalue weighted by Crippen LogP contribution is -2.43. The largest absolute Gasteiger partial charge is 0.398 e. The average molecular weight is 234 g/mol. The lowest BCUT2D eigenvalue weighted by Gasteiger charge is -2.22. The summed E-state index contributed by atoms with van der Waals surface area (Å²) in [6, 6.07) is 7.52. The van der Waals surface area contributed by atoms with Crippen LogP contribution < -0.4 is 11.1 Å². The predicted molar refractivity (Wildman–Crippen MR) is 66.3 cm³/mol. The van der Waals surface area contributed by atoms with E-state index in [2.05, 4.69) is 5.32 Å². The van der Waals surface area contributed by atoms with Crippen LogP contribution in [0, 0.1) is 0 Å². The van der Waals surface area contributed by atoms with E-state index in [1.54, 1.807) is 0 Å². The Hall–Kier alpha value is -1.55. The first kappa shape index (κ1) is 11.9. The Morgan fingerprint density at radius 3 is 2.94 bits per heavy atom. The van der Waals surface area contributed by atoms with Crippen LogP contribution in [0.25, 0.3) is 0 Å². The fraction of sp³-hybridized carbons (Fsp3) is 0.462. The fourth-order valence-corrected chi connectivity index (χ4v) is 2.02. The van der Waals surface area contributed by atoms with E-state index >= 15 is 0 Å². The summed E-state index contributed by atoms with van der Waals surface area (Å²) >= 11 is 0. The molecule has 1 aliphatic rings. The predicted octanol–water partition coefficient (Wildman–Crippen LogP) is 1.45. The van der Waals surface area contributed by atoms with Crippen molar-refractivity contribution >= 4 is 11.6 Å². The summed E-state index contributed by atoms with van der Waals surface area (Å²) in [7, 11) is 0. The Balaban J connectivity index is 1.94. The molecule has 1 aromatic rings. The minimum atomic E-state index is -0.663. The quantitative estimate of drug-likeness (QED) is 0.778. The molecule has 3 N–H and O–H groups in total. The monoisotopic (exact) mass is 234 g/mol. The maximum Gasteiger partial charge on any atom is 0.252 e. The number of nitrogen functional groups attached to an aromatic ring is 1. The summed E-state index contributed by atoms with van der Waals surface area (Å²) in [5.74, 6) is -0.0572. The van der Waals surface area contributed by atoms with Gasteiger partial charge in [-0.2, -0.15) is 0 Å². The molecule has 0 aromatic heterocycles. The second-order valence-corrected chi connectivity index (χ2v) is 4.56. The van der Waals surface area contributed by atoms with Crippen molar-refractivity contribution in [3.05, 3.63) is 29.8 Å². The number of benzene rings is 1. The van der Waals surface area contributed by atoms with Gasteiger partial charge in [0.25, 0.3) is 5.91 Å². The normalized spacial score (nSPS) is 23.6. The minimum absolute atomic E-state index is 0.0572. The molecule has 0 radical (unpaired) electrons. The van der Waals surface area contributed by atoms with Gasteiger partial charge in [-0.15, -0.1) is 0 Å². The molecule has 0 saturated carbocycles. The van der Waals surface area contributed by atoms with Gasteiger partial charge in [-0.05, 0) is 31.4 Å². The summed E-state index contributed by atoms with van der Waals surface area (Å²) in [4.78, 5) is 12.0. The zero-order valence-electron chi connectivity index (χ0n) is 10.0. The smallest absolute Gasteiger partial charge is 0.252 e. The maximum absolute atomic E-state index is 12.0. The van der Waals surface area contributed by atoms with E-state index < -0.39 is 5.60 Å². The van der Waals surface area contributed by atoms with E-state index in [1.165, 1.54) is 0 Å². The van der Waals surface area contributed by atoms with Gasteiger partial charge in [-0.25, -0.2) is 0 Å².